The molecule has 4 atom stereocenters. The van der Waals surface area contributed by atoms with Gasteiger partial charge in [0.1, 0.15) is 0 Å². The molecule has 0 fully saturated rings. The van der Waals surface area contributed by atoms with Crippen LogP contribution in [0.1, 0.15) is 65.2 Å². The van der Waals surface area contributed by atoms with E-state index in [0.717, 1.165) is 11.1 Å². The number of rotatable bonds is 18. The van der Waals surface area contributed by atoms with Gasteiger partial charge in [-0.1, -0.05) is 71.9 Å². The van der Waals surface area contributed by atoms with Gasteiger partial charge in [0.05, 0.1) is 31.5 Å². The van der Waals surface area contributed by atoms with Crippen molar-refractivity contribution in [1.29, 1.82) is 0 Å². The fourth-order valence-electron chi connectivity index (χ4n) is 3.07. The summed E-state index contributed by atoms with van der Waals surface area (Å²) in [7, 11) is 1.35. The van der Waals surface area contributed by atoms with Crippen molar-refractivity contribution >= 4 is 11.9 Å². The van der Waals surface area contributed by atoms with Gasteiger partial charge in [0.2, 0.25) is 0 Å². The van der Waals surface area contributed by atoms with Crippen molar-refractivity contribution in [2.45, 2.75) is 89.6 Å². The maximum Gasteiger partial charge on any atom is 1.00 e. The van der Waals surface area contributed by atoms with Gasteiger partial charge < -0.3 is 35.1 Å². The largest absolute Gasteiger partial charge is 1.00 e. The Hall–Kier alpha value is -2.66. The Morgan fingerprint density at radius 1 is 0.762 bits per heavy atom. The van der Waals surface area contributed by atoms with Crippen molar-refractivity contribution in [1.82, 2.24) is 0 Å². The summed E-state index contributed by atoms with van der Waals surface area (Å²) in [6.45, 7) is 3.69. The van der Waals surface area contributed by atoms with Gasteiger partial charge in [-0.3, -0.25) is 4.79 Å². The molecule has 2 unspecified atom stereocenters. The Morgan fingerprint density at radius 3 is 1.52 bits per heavy atom. The van der Waals surface area contributed by atoms with Gasteiger partial charge in [-0.15, -0.1) is 24.7 Å². The first-order valence-corrected chi connectivity index (χ1v) is 13.4. The Bertz CT molecular complexity index is 1010. The molecule has 0 aromatic heterocycles. The van der Waals surface area contributed by atoms with Gasteiger partial charge in [0.15, 0.2) is 0 Å². The molecule has 4 N–H and O–H groups in total. The molecule has 0 heterocycles. The number of ether oxygens (including phenoxy) is 1. The number of methoxy groups -OCH3 is 1. The summed E-state index contributed by atoms with van der Waals surface area (Å²) < 4.78 is 4.53. The third-order valence-corrected chi connectivity index (χ3v) is 5.16. The van der Waals surface area contributed by atoms with Gasteiger partial charge in [0.25, 0.3) is 0 Å². The molecule has 42 heavy (non-hydrogen) atoms. The summed E-state index contributed by atoms with van der Waals surface area (Å²) in [4.78, 5) is 21.1. The van der Waals surface area contributed by atoms with Crippen LogP contribution in [-0.4, -0.2) is 63.9 Å². The molecule has 0 aliphatic rings. The first-order chi connectivity index (χ1) is 19.4. The predicted molar refractivity (Wildman–Crippen MR) is 160 cm³/mol. The summed E-state index contributed by atoms with van der Waals surface area (Å²) in [6.07, 6.45) is 27.3. The number of terminal acetylenes is 2. The molecule has 8 nitrogen and oxygen atoms in total. The van der Waals surface area contributed by atoms with Crippen molar-refractivity contribution in [2.75, 3.05) is 7.11 Å². The second-order valence-corrected chi connectivity index (χ2v) is 9.13. The third kappa shape index (κ3) is 31.9. The number of esters is 1. The number of aliphatic hydroxyl groups excluding tert-OH is 4. The number of aliphatic carboxylic acids is 1. The molecule has 0 saturated carbocycles. The van der Waals surface area contributed by atoms with Gasteiger partial charge in [-0.05, 0) is 46.0 Å². The fraction of sp³-hybridized carbons (Fsp3) is 0.455. The zero-order chi connectivity index (χ0) is 31.5. The number of carboxylic acids is 1. The zero-order valence-corrected chi connectivity index (χ0v) is 27.3. The zero-order valence-electron chi connectivity index (χ0n) is 25.3. The van der Waals surface area contributed by atoms with Crippen LogP contribution in [0.15, 0.2) is 71.9 Å². The van der Waals surface area contributed by atoms with Gasteiger partial charge in [-0.25, -0.2) is 0 Å². The minimum absolute atomic E-state index is 0. The molecule has 0 aliphatic carbocycles. The van der Waals surface area contributed by atoms with Crippen LogP contribution >= 0.6 is 0 Å². The van der Waals surface area contributed by atoms with Crippen LogP contribution in [0, 0.1) is 24.7 Å². The number of hydrogen-bond acceptors (Lipinski definition) is 8. The van der Waals surface area contributed by atoms with Crippen LogP contribution in [-0.2, 0) is 14.3 Å². The number of hydrogen-bond donors (Lipinski definition) is 4. The second kappa shape index (κ2) is 29.8. The molecule has 0 amide bonds. The van der Waals surface area contributed by atoms with Crippen molar-refractivity contribution < 1.29 is 69.4 Å². The fourth-order valence-corrected chi connectivity index (χ4v) is 3.07. The predicted octanol–water partition coefficient (Wildman–Crippen LogP) is -0.152. The summed E-state index contributed by atoms with van der Waals surface area (Å²) in [5.41, 5.74) is 1.75. The van der Waals surface area contributed by atoms with E-state index in [1.807, 2.05) is 19.9 Å². The van der Waals surface area contributed by atoms with E-state index in [-0.39, 0.29) is 54.8 Å². The molecule has 9 heteroatoms. The number of carbonyl (C=O) groups excluding carboxylic acids is 2. The van der Waals surface area contributed by atoms with Crippen LogP contribution in [0.5, 0.6) is 0 Å². The van der Waals surface area contributed by atoms with Gasteiger partial charge >= 0.3 is 35.5 Å². The minimum Gasteiger partial charge on any atom is -0.550 e. The number of carbonyl (C=O) groups is 2. The van der Waals surface area contributed by atoms with E-state index in [0.29, 0.717) is 32.1 Å². The maximum absolute atomic E-state index is 10.9. The first-order valence-electron chi connectivity index (χ1n) is 13.4. The van der Waals surface area contributed by atoms with E-state index in [1.165, 1.54) is 7.11 Å². The van der Waals surface area contributed by atoms with E-state index < -0.39 is 30.4 Å². The van der Waals surface area contributed by atoms with E-state index in [1.54, 1.807) is 54.7 Å². The van der Waals surface area contributed by atoms with Crippen molar-refractivity contribution in [3.05, 3.63) is 71.9 Å². The Balaban J connectivity index is -0.000000708. The number of aliphatic hydroxyl groups is 4. The standard InChI is InChI=1S/C17H24O4.C16H22O4.Na/c1-4-8-15(18)10-6-5-9-14(2)13-16(19)11-7-12-17(20)21-3;1-3-7-14(17)9-5-4-8-13(2)12-15(18)10-6-11-16(19)20;/h1,5-6,9-10,13,15-16,18-19H,7-8,11-12H2,2-3H3;1,4-5,8-9,12,14-15,17-18H,6-7,10-11H2,2H3,(H,19,20);/q;;+1/p-1/b9-5+,10-6+,14-13-;8-4+,9-5+,13-12-;/t15-,16?;14-,15?;/m11./s1. The van der Waals surface area contributed by atoms with E-state index in [4.69, 9.17) is 12.8 Å². The molecule has 0 radical (unpaired) electrons. The summed E-state index contributed by atoms with van der Waals surface area (Å²) in [5, 5.41) is 48.3. The van der Waals surface area contributed by atoms with Crippen molar-refractivity contribution in [2.24, 2.45) is 0 Å². The number of allylic oxidation sites excluding steroid dienone is 8. The quantitative estimate of drug-likeness (QED) is 0.0744. The summed E-state index contributed by atoms with van der Waals surface area (Å²) in [6, 6.07) is 0. The Kier molecular flexibility index (Phi) is 31.1. The van der Waals surface area contributed by atoms with Crippen LogP contribution in [0.4, 0.5) is 0 Å². The summed E-state index contributed by atoms with van der Waals surface area (Å²) >= 11 is 0. The number of carboxylic acid groups (broad SMARTS) is 1. The topological polar surface area (TPSA) is 147 Å². The van der Waals surface area contributed by atoms with Gasteiger partial charge in [-0.2, -0.15) is 0 Å². The third-order valence-electron chi connectivity index (χ3n) is 5.16. The minimum atomic E-state index is -1.10. The summed E-state index contributed by atoms with van der Waals surface area (Å²) in [5.74, 6) is 3.36. The first kappa shape index (κ1) is 43.8. The molecule has 0 aromatic carbocycles. The average molecular weight is 593 g/mol. The molecule has 0 saturated heterocycles. The average Bonchev–Trinajstić information content (AvgIpc) is 2.89. The molecular formula is C33H45NaO8. The molecule has 0 aromatic rings. The SMILES string of the molecule is C#CC[C@@H](O)/C=C/C=C/C(C)=C\C(O)CCCC(=O)OC.C#CC[C@@H](O)/C=C/C=C/C(C)=C\C(O)CCCC(=O)[O-].[Na+]. The Labute approximate surface area is 273 Å². The normalized spacial score (nSPS) is 14.9. The van der Waals surface area contributed by atoms with Crippen molar-refractivity contribution in [3.8, 4) is 24.7 Å². The Morgan fingerprint density at radius 2 is 1.17 bits per heavy atom. The van der Waals surface area contributed by atoms with Crippen LogP contribution in [0.2, 0.25) is 0 Å². The molecule has 0 aliphatic heterocycles. The molecular weight excluding hydrogens is 547 g/mol. The molecule has 0 bridgehead atoms. The van der Waals surface area contributed by atoms with Crippen LogP contribution in [0.3, 0.4) is 0 Å². The molecule has 0 rings (SSSR count). The van der Waals surface area contributed by atoms with Gasteiger partial charge in [0, 0.05) is 25.2 Å². The van der Waals surface area contributed by atoms with Crippen molar-refractivity contribution in [3.63, 3.8) is 0 Å². The molecule has 226 valence electrons. The maximum atomic E-state index is 10.9. The molecule has 0 spiro atoms. The van der Waals surface area contributed by atoms with E-state index >= 15 is 0 Å². The second-order valence-electron chi connectivity index (χ2n) is 9.13. The smallest absolute Gasteiger partial charge is 0.550 e. The van der Waals surface area contributed by atoms with E-state index in [2.05, 4.69) is 16.6 Å². The van der Waals surface area contributed by atoms with Crippen LogP contribution < -0.4 is 34.7 Å². The monoisotopic (exact) mass is 592 g/mol. The van der Waals surface area contributed by atoms with E-state index in [9.17, 15) is 35.1 Å². The van der Waals surface area contributed by atoms with Crippen LogP contribution in [0.25, 0.3) is 0 Å².